The van der Waals surface area contributed by atoms with Crippen molar-refractivity contribution < 1.29 is 13.2 Å². The first-order chi connectivity index (χ1) is 9.45. The van der Waals surface area contributed by atoms with Gasteiger partial charge in [0.25, 0.3) is 0 Å². The monoisotopic (exact) mass is 284 g/mol. The molecule has 0 amide bonds. The van der Waals surface area contributed by atoms with Gasteiger partial charge in [0.05, 0.1) is 5.56 Å². The SMILES string of the molecule is NC1CC2CCCC(C1)N2c1cccc(C(F)(F)F)c1. The second kappa shape index (κ2) is 4.95. The molecule has 2 fully saturated rings. The summed E-state index contributed by atoms with van der Waals surface area (Å²) in [4.78, 5) is 2.18. The van der Waals surface area contributed by atoms with Crippen LogP contribution in [0.3, 0.4) is 0 Å². The first-order valence-electron chi connectivity index (χ1n) is 7.16. The molecule has 20 heavy (non-hydrogen) atoms. The number of anilines is 1. The first-order valence-corrected chi connectivity index (χ1v) is 7.16. The average molecular weight is 284 g/mol. The second-order valence-electron chi connectivity index (χ2n) is 5.93. The number of fused-ring (bicyclic) bond motifs is 2. The Labute approximate surface area is 116 Å². The number of hydrogen-bond acceptors (Lipinski definition) is 2. The smallest absolute Gasteiger partial charge is 0.365 e. The lowest BCUT2D eigenvalue weighted by atomic mass is 9.81. The number of hydrogen-bond donors (Lipinski definition) is 1. The minimum atomic E-state index is -4.28. The van der Waals surface area contributed by atoms with Gasteiger partial charge >= 0.3 is 6.18 Å². The third-order valence-electron chi connectivity index (χ3n) is 4.48. The second-order valence-corrected chi connectivity index (χ2v) is 5.93. The van der Waals surface area contributed by atoms with Crippen LogP contribution < -0.4 is 10.6 Å². The number of benzene rings is 1. The van der Waals surface area contributed by atoms with Gasteiger partial charge in [-0.05, 0) is 50.3 Å². The first kappa shape index (κ1) is 13.7. The summed E-state index contributed by atoms with van der Waals surface area (Å²) in [7, 11) is 0. The molecular formula is C15H19F3N2. The van der Waals surface area contributed by atoms with E-state index in [1.54, 1.807) is 6.07 Å². The Hall–Kier alpha value is -1.23. The summed E-state index contributed by atoms with van der Waals surface area (Å²) in [6.45, 7) is 0. The Morgan fingerprint density at radius 3 is 2.35 bits per heavy atom. The molecule has 0 aromatic heterocycles. The summed E-state index contributed by atoms with van der Waals surface area (Å²) in [6.07, 6.45) is 0.690. The van der Waals surface area contributed by atoms with E-state index in [9.17, 15) is 13.2 Å². The van der Waals surface area contributed by atoms with E-state index in [-0.39, 0.29) is 6.04 Å². The molecule has 2 aliphatic heterocycles. The van der Waals surface area contributed by atoms with E-state index in [1.165, 1.54) is 12.1 Å². The van der Waals surface area contributed by atoms with Gasteiger partial charge in [0, 0.05) is 23.8 Å². The van der Waals surface area contributed by atoms with Crippen LogP contribution in [0.4, 0.5) is 18.9 Å². The van der Waals surface area contributed by atoms with Crippen LogP contribution in [0.2, 0.25) is 0 Å². The number of nitrogens with two attached hydrogens (primary N) is 1. The fourth-order valence-electron chi connectivity index (χ4n) is 3.69. The van der Waals surface area contributed by atoms with Crippen molar-refractivity contribution in [3.05, 3.63) is 29.8 Å². The number of nitrogens with zero attached hydrogens (tertiary/aromatic N) is 1. The lowest BCUT2D eigenvalue weighted by Crippen LogP contribution is -2.55. The fraction of sp³-hybridized carbons (Fsp3) is 0.600. The fourth-order valence-corrected chi connectivity index (χ4v) is 3.69. The summed E-state index contributed by atoms with van der Waals surface area (Å²) in [5.74, 6) is 0. The summed E-state index contributed by atoms with van der Waals surface area (Å²) in [5.41, 5.74) is 6.19. The highest BCUT2D eigenvalue weighted by Crippen LogP contribution is 2.39. The number of rotatable bonds is 1. The third-order valence-corrected chi connectivity index (χ3v) is 4.48. The van der Waals surface area contributed by atoms with Gasteiger partial charge in [0.2, 0.25) is 0 Å². The molecule has 0 radical (unpaired) electrons. The van der Waals surface area contributed by atoms with Crippen LogP contribution in [0, 0.1) is 0 Å². The van der Waals surface area contributed by atoms with Gasteiger partial charge in [0.1, 0.15) is 0 Å². The highest BCUT2D eigenvalue weighted by molar-refractivity contribution is 5.52. The zero-order valence-electron chi connectivity index (χ0n) is 11.2. The Bertz CT molecular complexity index is 472. The molecule has 2 saturated heterocycles. The van der Waals surface area contributed by atoms with E-state index >= 15 is 0 Å². The minimum Gasteiger partial charge on any atom is -0.365 e. The molecule has 0 spiro atoms. The van der Waals surface area contributed by atoms with Crippen LogP contribution in [0.15, 0.2) is 24.3 Å². The largest absolute Gasteiger partial charge is 0.416 e. The Morgan fingerprint density at radius 1 is 1.10 bits per heavy atom. The average Bonchev–Trinajstić information content (AvgIpc) is 2.37. The maximum absolute atomic E-state index is 12.8. The van der Waals surface area contributed by atoms with Crippen molar-refractivity contribution in [1.29, 1.82) is 0 Å². The number of alkyl halides is 3. The maximum Gasteiger partial charge on any atom is 0.416 e. The van der Waals surface area contributed by atoms with Crippen molar-refractivity contribution in [3.63, 3.8) is 0 Å². The van der Waals surface area contributed by atoms with Crippen LogP contribution in [-0.4, -0.2) is 18.1 Å². The van der Waals surface area contributed by atoms with Crippen LogP contribution in [0.25, 0.3) is 0 Å². The molecule has 1 aromatic carbocycles. The highest BCUT2D eigenvalue weighted by atomic mass is 19.4. The van der Waals surface area contributed by atoms with E-state index in [1.807, 2.05) is 0 Å². The van der Waals surface area contributed by atoms with Crippen LogP contribution in [0.5, 0.6) is 0 Å². The van der Waals surface area contributed by atoms with Gasteiger partial charge in [-0.25, -0.2) is 0 Å². The lowest BCUT2D eigenvalue weighted by Gasteiger charge is -2.49. The van der Waals surface area contributed by atoms with Crippen molar-refractivity contribution in [2.45, 2.75) is 56.4 Å². The Kier molecular flexibility index (Phi) is 3.40. The Morgan fingerprint density at radius 2 is 1.75 bits per heavy atom. The Balaban J connectivity index is 1.92. The molecule has 110 valence electrons. The van der Waals surface area contributed by atoms with Gasteiger partial charge < -0.3 is 10.6 Å². The lowest BCUT2D eigenvalue weighted by molar-refractivity contribution is -0.137. The summed E-state index contributed by atoms with van der Waals surface area (Å²) >= 11 is 0. The number of halogens is 3. The van der Waals surface area contributed by atoms with E-state index < -0.39 is 11.7 Å². The van der Waals surface area contributed by atoms with Crippen LogP contribution in [-0.2, 0) is 6.18 Å². The summed E-state index contributed by atoms with van der Waals surface area (Å²) in [6, 6.07) is 6.48. The standard InChI is InChI=1S/C15H19F3N2/c16-15(17,18)10-3-1-4-12(7-10)20-13-5-2-6-14(20)9-11(19)8-13/h1,3-4,7,11,13-14H,2,5-6,8-9,19H2. The normalized spacial score (nSPS) is 30.4. The summed E-state index contributed by atoms with van der Waals surface area (Å²) in [5, 5.41) is 0. The molecule has 2 heterocycles. The molecule has 2 bridgehead atoms. The predicted molar refractivity (Wildman–Crippen MR) is 72.6 cm³/mol. The van der Waals surface area contributed by atoms with Crippen molar-refractivity contribution in [2.75, 3.05) is 4.90 Å². The molecule has 2 aliphatic rings. The molecule has 1 aromatic rings. The van der Waals surface area contributed by atoms with E-state index in [0.717, 1.165) is 38.2 Å². The van der Waals surface area contributed by atoms with Gasteiger partial charge in [-0.3, -0.25) is 0 Å². The highest BCUT2D eigenvalue weighted by Gasteiger charge is 2.38. The molecule has 2 nitrogen and oxygen atoms in total. The van der Waals surface area contributed by atoms with Crippen molar-refractivity contribution in [3.8, 4) is 0 Å². The quantitative estimate of drug-likeness (QED) is 0.854. The van der Waals surface area contributed by atoms with Crippen molar-refractivity contribution in [2.24, 2.45) is 5.73 Å². The van der Waals surface area contributed by atoms with E-state index in [2.05, 4.69) is 4.90 Å². The van der Waals surface area contributed by atoms with Gasteiger partial charge in [-0.1, -0.05) is 6.07 Å². The van der Waals surface area contributed by atoms with Gasteiger partial charge in [0.15, 0.2) is 0 Å². The zero-order chi connectivity index (χ0) is 14.3. The topological polar surface area (TPSA) is 29.3 Å². The molecule has 5 heteroatoms. The van der Waals surface area contributed by atoms with E-state index in [4.69, 9.17) is 5.73 Å². The van der Waals surface area contributed by atoms with Crippen molar-refractivity contribution in [1.82, 2.24) is 0 Å². The van der Waals surface area contributed by atoms with Gasteiger partial charge in [-0.15, -0.1) is 0 Å². The van der Waals surface area contributed by atoms with Crippen molar-refractivity contribution >= 4 is 5.69 Å². The maximum atomic E-state index is 12.8. The van der Waals surface area contributed by atoms with Gasteiger partial charge in [-0.2, -0.15) is 13.2 Å². The zero-order valence-corrected chi connectivity index (χ0v) is 11.2. The molecule has 2 N–H and O–H groups in total. The molecule has 2 atom stereocenters. The van der Waals surface area contributed by atoms with E-state index in [0.29, 0.717) is 17.8 Å². The predicted octanol–water partition coefficient (Wildman–Crippen LogP) is 3.55. The molecular weight excluding hydrogens is 265 g/mol. The molecule has 2 unspecified atom stereocenters. The molecule has 3 rings (SSSR count). The third kappa shape index (κ3) is 2.51. The molecule has 0 saturated carbocycles. The van der Waals surface area contributed by atoms with Crippen LogP contribution in [0.1, 0.15) is 37.7 Å². The van der Waals surface area contributed by atoms with Crippen LogP contribution >= 0.6 is 0 Å². The summed E-state index contributed by atoms with van der Waals surface area (Å²) < 4.78 is 38.5. The minimum absolute atomic E-state index is 0.187. The number of piperidine rings is 2. The molecule has 0 aliphatic carbocycles.